The predicted molar refractivity (Wildman–Crippen MR) is 105 cm³/mol. The Morgan fingerprint density at radius 3 is 2.73 bits per heavy atom. The molecule has 1 aromatic carbocycles. The van der Waals surface area contributed by atoms with Gasteiger partial charge >= 0.3 is 0 Å². The highest BCUT2D eigenvalue weighted by Crippen LogP contribution is 2.35. The summed E-state index contributed by atoms with van der Waals surface area (Å²) in [4.78, 5) is 20.8. The summed E-state index contributed by atoms with van der Waals surface area (Å²) in [6.45, 7) is 5.97. The van der Waals surface area contributed by atoms with Crippen LogP contribution in [0.5, 0.6) is 0 Å². The first-order chi connectivity index (χ1) is 12.7. The highest BCUT2D eigenvalue weighted by molar-refractivity contribution is 5.91. The lowest BCUT2D eigenvalue weighted by Gasteiger charge is -2.29. The monoisotopic (exact) mass is 347 g/mol. The van der Waals surface area contributed by atoms with Gasteiger partial charge < -0.3 is 9.88 Å². The van der Waals surface area contributed by atoms with Crippen molar-refractivity contribution in [3.8, 4) is 11.3 Å². The van der Waals surface area contributed by atoms with Gasteiger partial charge in [0.25, 0.3) is 0 Å². The maximum atomic E-state index is 10.9. The minimum Gasteiger partial charge on any atom is -0.354 e. The van der Waals surface area contributed by atoms with Crippen LogP contribution in [0.4, 0.5) is 0 Å². The number of benzene rings is 1. The number of aromatic amines is 1. The molecule has 0 saturated carbocycles. The zero-order chi connectivity index (χ0) is 18.1. The van der Waals surface area contributed by atoms with Crippen molar-refractivity contribution >= 4 is 17.3 Å². The van der Waals surface area contributed by atoms with E-state index in [4.69, 9.17) is 0 Å². The maximum Gasteiger partial charge on any atom is 0.209 e. The molecule has 3 aromatic rings. The number of hydrogen-bond acceptors (Lipinski definition) is 2. The number of fused-ring (bicyclic) bond motifs is 1. The molecule has 1 aliphatic heterocycles. The molecular weight excluding hydrogens is 322 g/mol. The third-order valence-electron chi connectivity index (χ3n) is 5.62. The summed E-state index contributed by atoms with van der Waals surface area (Å²) in [6.07, 6.45) is 5.94. The number of nitrogens with one attached hydrogen (secondary N) is 1. The van der Waals surface area contributed by atoms with E-state index in [1.807, 2.05) is 18.0 Å². The lowest BCUT2D eigenvalue weighted by Crippen LogP contribution is -2.31. The molecule has 1 fully saturated rings. The Kier molecular flexibility index (Phi) is 4.49. The van der Waals surface area contributed by atoms with E-state index in [1.54, 1.807) is 0 Å². The number of H-pyrrole nitrogens is 1. The molecule has 0 bridgehead atoms. The van der Waals surface area contributed by atoms with Crippen molar-refractivity contribution in [2.24, 2.45) is 0 Å². The Morgan fingerprint density at radius 1 is 1.23 bits per heavy atom. The van der Waals surface area contributed by atoms with Crippen LogP contribution in [-0.2, 0) is 11.2 Å². The van der Waals surface area contributed by atoms with Gasteiger partial charge in [-0.05, 0) is 67.5 Å². The quantitative estimate of drug-likeness (QED) is 0.710. The van der Waals surface area contributed by atoms with Crippen LogP contribution in [0, 0.1) is 6.92 Å². The van der Waals surface area contributed by atoms with Crippen LogP contribution in [0.3, 0.4) is 0 Å². The fourth-order valence-electron chi connectivity index (χ4n) is 4.17. The van der Waals surface area contributed by atoms with E-state index in [2.05, 4.69) is 47.2 Å². The average molecular weight is 347 g/mol. The van der Waals surface area contributed by atoms with Gasteiger partial charge in [0, 0.05) is 47.1 Å². The molecule has 1 aliphatic rings. The lowest BCUT2D eigenvalue weighted by molar-refractivity contribution is -0.119. The van der Waals surface area contributed by atoms with Crippen molar-refractivity contribution in [1.82, 2.24) is 14.9 Å². The first-order valence-electron chi connectivity index (χ1n) is 9.46. The molecule has 0 radical (unpaired) electrons. The first kappa shape index (κ1) is 16.8. The van der Waals surface area contributed by atoms with Crippen LogP contribution in [0.15, 0.2) is 36.5 Å². The summed E-state index contributed by atoms with van der Waals surface area (Å²) < 4.78 is 0. The van der Waals surface area contributed by atoms with Gasteiger partial charge in [-0.15, -0.1) is 0 Å². The SMILES string of the molecule is CCc1c(-c2ccnc(C)c2)[nH]c2ccc(C3CCN(C=O)CC3)cc12. The van der Waals surface area contributed by atoms with Gasteiger partial charge in [0.15, 0.2) is 0 Å². The van der Waals surface area contributed by atoms with Gasteiger partial charge in [0.05, 0.1) is 0 Å². The molecule has 3 heterocycles. The van der Waals surface area contributed by atoms with Gasteiger partial charge in [0.2, 0.25) is 6.41 Å². The van der Waals surface area contributed by atoms with Gasteiger partial charge in [0.1, 0.15) is 0 Å². The number of piperidine rings is 1. The molecule has 0 atom stereocenters. The molecule has 4 heteroatoms. The number of amides is 1. The van der Waals surface area contributed by atoms with Crippen molar-refractivity contribution < 1.29 is 4.79 Å². The number of nitrogens with zero attached hydrogens (tertiary/aromatic N) is 2. The number of aryl methyl sites for hydroxylation is 2. The van der Waals surface area contributed by atoms with E-state index in [0.29, 0.717) is 5.92 Å². The van der Waals surface area contributed by atoms with E-state index in [0.717, 1.165) is 44.5 Å². The lowest BCUT2D eigenvalue weighted by atomic mass is 9.88. The molecule has 2 aromatic heterocycles. The number of hydrogen-bond donors (Lipinski definition) is 1. The molecule has 134 valence electrons. The van der Waals surface area contributed by atoms with E-state index < -0.39 is 0 Å². The van der Waals surface area contributed by atoms with Crippen LogP contribution in [0.25, 0.3) is 22.2 Å². The number of carbonyl (C=O) groups excluding carboxylic acids is 1. The van der Waals surface area contributed by atoms with Gasteiger partial charge in [-0.2, -0.15) is 0 Å². The highest BCUT2D eigenvalue weighted by atomic mass is 16.1. The summed E-state index contributed by atoms with van der Waals surface area (Å²) in [7, 11) is 0. The van der Waals surface area contributed by atoms with Crippen molar-refractivity contribution in [3.05, 3.63) is 53.3 Å². The normalized spacial score (nSPS) is 15.5. The standard InChI is InChI=1S/C22H25N3O/c1-3-19-20-13-17(16-7-10-25(14-26)11-8-16)4-5-21(20)24-22(19)18-6-9-23-15(2)12-18/h4-6,9,12-14,16,24H,3,7-8,10-11H2,1-2H3. The third kappa shape index (κ3) is 3.00. The summed E-state index contributed by atoms with van der Waals surface area (Å²) in [6, 6.07) is 11.0. The second kappa shape index (κ2) is 6.94. The number of aromatic nitrogens is 2. The number of rotatable bonds is 4. The number of likely N-dealkylation sites (tertiary alicyclic amines) is 1. The van der Waals surface area contributed by atoms with Crippen LogP contribution in [0.2, 0.25) is 0 Å². The van der Waals surface area contributed by atoms with Crippen molar-refractivity contribution in [3.63, 3.8) is 0 Å². The van der Waals surface area contributed by atoms with Crippen molar-refractivity contribution in [1.29, 1.82) is 0 Å². The topological polar surface area (TPSA) is 49.0 Å². The Balaban J connectivity index is 1.73. The Bertz CT molecular complexity index is 936. The second-order valence-corrected chi connectivity index (χ2v) is 7.24. The molecule has 1 N–H and O–H groups in total. The zero-order valence-electron chi connectivity index (χ0n) is 15.5. The van der Waals surface area contributed by atoms with Gasteiger partial charge in [-0.25, -0.2) is 0 Å². The third-order valence-corrected chi connectivity index (χ3v) is 5.62. The predicted octanol–water partition coefficient (Wildman–Crippen LogP) is 4.44. The van der Waals surface area contributed by atoms with Gasteiger partial charge in [-0.3, -0.25) is 9.78 Å². The molecule has 0 unspecified atom stereocenters. The van der Waals surface area contributed by atoms with E-state index >= 15 is 0 Å². The fourth-order valence-corrected chi connectivity index (χ4v) is 4.17. The van der Waals surface area contributed by atoms with Gasteiger partial charge in [-0.1, -0.05) is 13.0 Å². The summed E-state index contributed by atoms with van der Waals surface area (Å²) >= 11 is 0. The zero-order valence-corrected chi connectivity index (χ0v) is 15.5. The average Bonchev–Trinajstić information content (AvgIpc) is 3.06. The van der Waals surface area contributed by atoms with Crippen molar-refractivity contribution in [2.45, 2.75) is 39.0 Å². The highest BCUT2D eigenvalue weighted by Gasteiger charge is 2.21. The van der Waals surface area contributed by atoms with E-state index in [9.17, 15) is 4.79 Å². The smallest absolute Gasteiger partial charge is 0.209 e. The molecule has 4 rings (SSSR count). The molecule has 4 nitrogen and oxygen atoms in total. The number of pyridine rings is 1. The molecule has 26 heavy (non-hydrogen) atoms. The van der Waals surface area contributed by atoms with Crippen LogP contribution in [0.1, 0.15) is 42.5 Å². The van der Waals surface area contributed by atoms with Crippen LogP contribution >= 0.6 is 0 Å². The maximum absolute atomic E-state index is 10.9. The molecule has 0 aliphatic carbocycles. The molecule has 1 saturated heterocycles. The van der Waals surface area contributed by atoms with Crippen molar-refractivity contribution in [2.75, 3.05) is 13.1 Å². The largest absolute Gasteiger partial charge is 0.354 e. The summed E-state index contributed by atoms with van der Waals surface area (Å²) in [5, 5.41) is 1.33. The minimum absolute atomic E-state index is 0.543. The Morgan fingerprint density at radius 2 is 2.04 bits per heavy atom. The van der Waals surface area contributed by atoms with E-state index in [1.165, 1.54) is 33.3 Å². The minimum atomic E-state index is 0.543. The molecule has 0 spiro atoms. The number of carbonyl (C=O) groups is 1. The summed E-state index contributed by atoms with van der Waals surface area (Å²) in [5.41, 5.74) is 7.41. The second-order valence-electron chi connectivity index (χ2n) is 7.24. The van der Waals surface area contributed by atoms with Crippen LogP contribution < -0.4 is 0 Å². The molecular formula is C22H25N3O. The van der Waals surface area contributed by atoms with Crippen LogP contribution in [-0.4, -0.2) is 34.4 Å². The molecule has 1 amide bonds. The fraction of sp³-hybridized carbons (Fsp3) is 0.364. The Hall–Kier alpha value is -2.62. The first-order valence-corrected chi connectivity index (χ1v) is 9.46. The Labute approximate surface area is 154 Å². The van der Waals surface area contributed by atoms with E-state index in [-0.39, 0.29) is 0 Å². The summed E-state index contributed by atoms with van der Waals surface area (Å²) in [5.74, 6) is 0.543.